The van der Waals surface area contributed by atoms with Crippen molar-refractivity contribution in [2.75, 3.05) is 10.2 Å². The van der Waals surface area contributed by atoms with Crippen LogP contribution >= 0.6 is 0 Å². The van der Waals surface area contributed by atoms with Gasteiger partial charge in [-0.3, -0.25) is 4.79 Å². The van der Waals surface area contributed by atoms with Crippen LogP contribution in [0.15, 0.2) is 71.9 Å². The lowest BCUT2D eigenvalue weighted by molar-refractivity contribution is 0.176. The first-order chi connectivity index (χ1) is 20.0. The molecule has 0 bridgehead atoms. The molecule has 0 amide bonds. The molecule has 42 heavy (non-hydrogen) atoms. The van der Waals surface area contributed by atoms with E-state index in [1.807, 2.05) is 32.0 Å². The van der Waals surface area contributed by atoms with E-state index in [1.54, 1.807) is 60.9 Å². The number of anilines is 3. The molecule has 8 nitrogen and oxygen atoms in total. The Hall–Kier alpha value is -4.31. The van der Waals surface area contributed by atoms with Gasteiger partial charge in [-0.05, 0) is 85.2 Å². The molecule has 216 valence electrons. The van der Waals surface area contributed by atoms with Gasteiger partial charge in [0, 0.05) is 53.6 Å². The Morgan fingerprint density at radius 3 is 2.62 bits per heavy atom. The highest BCUT2D eigenvalue weighted by Crippen LogP contribution is 2.44. The van der Waals surface area contributed by atoms with E-state index in [0.29, 0.717) is 45.4 Å². The lowest BCUT2D eigenvalue weighted by atomic mass is 9.94. The second-order valence-electron chi connectivity index (χ2n) is 11.7. The highest BCUT2D eigenvalue weighted by molar-refractivity contribution is 5.78. The first kappa shape index (κ1) is 27.8. The Labute approximate surface area is 243 Å². The topological polar surface area (TPSA) is 117 Å². The zero-order valence-electron chi connectivity index (χ0n) is 23.8. The van der Waals surface area contributed by atoms with E-state index in [2.05, 4.69) is 10.3 Å². The van der Waals surface area contributed by atoms with Crippen molar-refractivity contribution in [1.29, 1.82) is 0 Å². The van der Waals surface area contributed by atoms with Crippen LogP contribution in [0.5, 0.6) is 0 Å². The lowest BCUT2D eigenvalue weighted by Gasteiger charge is -2.33. The molecule has 1 aliphatic heterocycles. The molecule has 3 heterocycles. The second kappa shape index (κ2) is 10.5. The van der Waals surface area contributed by atoms with Crippen molar-refractivity contribution in [2.45, 2.75) is 51.0 Å². The zero-order valence-corrected chi connectivity index (χ0v) is 23.8. The first-order valence-electron chi connectivity index (χ1n) is 14.0. The summed E-state index contributed by atoms with van der Waals surface area (Å²) in [5.74, 6) is 0.435. The van der Waals surface area contributed by atoms with Crippen LogP contribution in [-0.4, -0.2) is 19.8 Å². The second-order valence-corrected chi connectivity index (χ2v) is 11.7. The van der Waals surface area contributed by atoms with E-state index >= 15 is 4.39 Å². The van der Waals surface area contributed by atoms with E-state index in [-0.39, 0.29) is 17.7 Å². The van der Waals surface area contributed by atoms with E-state index in [4.69, 9.17) is 5.73 Å². The van der Waals surface area contributed by atoms with Crippen LogP contribution in [0.1, 0.15) is 66.7 Å². The number of nitrogens with zero attached hydrogens (tertiary/aromatic N) is 3. The third-order valence-electron chi connectivity index (χ3n) is 8.02. The number of pyridine rings is 2. The fourth-order valence-corrected chi connectivity index (χ4v) is 5.51. The van der Waals surface area contributed by atoms with Crippen molar-refractivity contribution in [3.8, 4) is 11.1 Å². The number of hydrogen-bond acceptors (Lipinski definition) is 7. The number of rotatable bonds is 7. The van der Waals surface area contributed by atoms with Gasteiger partial charge in [-0.1, -0.05) is 24.3 Å². The number of aliphatic hydroxyl groups excluding tert-OH is 2. The predicted molar refractivity (Wildman–Crippen MR) is 163 cm³/mol. The Morgan fingerprint density at radius 1 is 1.17 bits per heavy atom. The van der Waals surface area contributed by atoms with Crippen molar-refractivity contribution in [1.82, 2.24) is 9.55 Å². The summed E-state index contributed by atoms with van der Waals surface area (Å²) in [7, 11) is 1.65. The van der Waals surface area contributed by atoms with Crippen molar-refractivity contribution in [2.24, 2.45) is 12.8 Å². The molecule has 1 saturated carbocycles. The van der Waals surface area contributed by atoms with Gasteiger partial charge >= 0.3 is 0 Å². The Kier molecular flexibility index (Phi) is 6.97. The van der Waals surface area contributed by atoms with Crippen LogP contribution in [0.25, 0.3) is 17.2 Å². The summed E-state index contributed by atoms with van der Waals surface area (Å²) in [5.41, 5.74) is 10.7. The van der Waals surface area contributed by atoms with E-state index in [9.17, 15) is 15.0 Å². The van der Waals surface area contributed by atoms with Crippen LogP contribution in [0.2, 0.25) is 0 Å². The quantitative estimate of drug-likeness (QED) is 0.237. The molecule has 6 rings (SSSR count). The summed E-state index contributed by atoms with van der Waals surface area (Å²) in [6, 6.07) is 14.2. The molecule has 9 heteroatoms. The molecule has 2 aliphatic rings. The van der Waals surface area contributed by atoms with Gasteiger partial charge in [0.15, 0.2) is 6.23 Å². The maximum Gasteiger partial charge on any atom is 0.274 e. The summed E-state index contributed by atoms with van der Waals surface area (Å²) in [6.45, 7) is 3.44. The minimum absolute atomic E-state index is 0.210. The third-order valence-corrected chi connectivity index (χ3v) is 8.02. The summed E-state index contributed by atoms with van der Waals surface area (Å²) in [5, 5.41) is 25.0. The zero-order chi connectivity index (χ0) is 29.8. The molecular formula is C33H34FN5O3. The standard InChI is InChI=1S/C33H34FN5O3/c1-33(2,35)23-9-10-29(36-16-23)37-27-15-22(17-38(3)31(27)41)24-5-4-6-28(25(24)18-40)39-12-11-20-13-21(19-7-8-19)14-26(34)30(20)32(39)42/h4-6,9-17,19,32,40,42H,7-8,18,35H2,1-3H3,(H,36,37)/t32-/m0/s1. The average Bonchev–Trinajstić information content (AvgIpc) is 3.80. The fourth-order valence-electron chi connectivity index (χ4n) is 5.51. The minimum Gasteiger partial charge on any atom is -0.392 e. The van der Waals surface area contributed by atoms with Gasteiger partial charge in [-0.2, -0.15) is 0 Å². The Balaban J connectivity index is 1.36. The van der Waals surface area contributed by atoms with Gasteiger partial charge in [-0.25, -0.2) is 9.37 Å². The van der Waals surface area contributed by atoms with Crippen LogP contribution < -0.4 is 21.5 Å². The molecule has 4 aromatic rings. The van der Waals surface area contributed by atoms with Crippen molar-refractivity contribution in [3.63, 3.8) is 0 Å². The monoisotopic (exact) mass is 567 g/mol. The highest BCUT2D eigenvalue weighted by Gasteiger charge is 2.31. The Bertz CT molecular complexity index is 1750. The molecule has 1 atom stereocenters. The molecule has 5 N–H and O–H groups in total. The summed E-state index contributed by atoms with van der Waals surface area (Å²) in [4.78, 5) is 19.0. The van der Waals surface area contributed by atoms with Crippen LogP contribution in [0.3, 0.4) is 0 Å². The number of nitrogens with one attached hydrogen (secondary N) is 1. The number of fused-ring (bicyclic) bond motifs is 1. The van der Waals surface area contributed by atoms with Crippen molar-refractivity contribution in [3.05, 3.63) is 111 Å². The van der Waals surface area contributed by atoms with Crippen LogP contribution in [-0.2, 0) is 19.2 Å². The van der Waals surface area contributed by atoms with E-state index in [1.165, 1.54) is 10.6 Å². The number of benzene rings is 2. The number of aliphatic hydroxyl groups is 2. The van der Waals surface area contributed by atoms with Gasteiger partial charge < -0.3 is 30.7 Å². The van der Waals surface area contributed by atoms with Gasteiger partial charge in [0.1, 0.15) is 17.3 Å². The molecular weight excluding hydrogens is 533 g/mol. The summed E-state index contributed by atoms with van der Waals surface area (Å²) < 4.78 is 16.7. The molecule has 1 fully saturated rings. The van der Waals surface area contributed by atoms with Crippen molar-refractivity contribution >= 4 is 23.3 Å². The number of aryl methyl sites for hydroxylation is 1. The van der Waals surface area contributed by atoms with Gasteiger partial charge in [0.25, 0.3) is 5.56 Å². The normalized spacial score (nSPS) is 16.5. The molecule has 2 aromatic heterocycles. The SMILES string of the molecule is Cn1cc(-c2cccc(N3C=Cc4cc(C5CC5)cc(F)c4[C@@H]3O)c2CO)cc(Nc2ccc(C(C)(C)N)cn2)c1=O. The van der Waals surface area contributed by atoms with Gasteiger partial charge in [0.05, 0.1) is 6.61 Å². The lowest BCUT2D eigenvalue weighted by Crippen LogP contribution is -2.28. The fraction of sp³-hybridized carbons (Fsp3) is 0.273. The molecule has 0 saturated heterocycles. The maximum atomic E-state index is 15.3. The summed E-state index contributed by atoms with van der Waals surface area (Å²) >= 11 is 0. The van der Waals surface area contributed by atoms with Gasteiger partial charge in [0.2, 0.25) is 0 Å². The largest absolute Gasteiger partial charge is 0.392 e. The smallest absolute Gasteiger partial charge is 0.274 e. The number of hydrogen-bond donors (Lipinski definition) is 4. The van der Waals surface area contributed by atoms with Crippen molar-refractivity contribution < 1.29 is 14.6 Å². The molecule has 2 aromatic carbocycles. The van der Waals surface area contributed by atoms with E-state index < -0.39 is 17.6 Å². The van der Waals surface area contributed by atoms with Crippen LogP contribution in [0.4, 0.5) is 21.6 Å². The number of aromatic nitrogens is 2. The minimum atomic E-state index is -1.27. The number of nitrogens with two attached hydrogens (primary N) is 1. The average molecular weight is 568 g/mol. The van der Waals surface area contributed by atoms with Crippen LogP contribution in [0, 0.1) is 5.82 Å². The molecule has 1 aliphatic carbocycles. The first-order valence-corrected chi connectivity index (χ1v) is 14.0. The third kappa shape index (κ3) is 5.11. The maximum absolute atomic E-state index is 15.3. The Morgan fingerprint density at radius 2 is 1.95 bits per heavy atom. The van der Waals surface area contributed by atoms with E-state index in [0.717, 1.165) is 24.0 Å². The molecule has 0 unspecified atom stereocenters. The highest BCUT2D eigenvalue weighted by atomic mass is 19.1. The number of halogens is 1. The summed E-state index contributed by atoms with van der Waals surface area (Å²) in [6.07, 6.45) is 7.72. The molecule has 0 radical (unpaired) electrons. The van der Waals surface area contributed by atoms with Gasteiger partial charge in [-0.15, -0.1) is 0 Å². The predicted octanol–water partition coefficient (Wildman–Crippen LogP) is 5.38. The molecule has 0 spiro atoms.